The molecule has 1 aliphatic carbocycles. The molecule has 8 heteroatoms. The summed E-state index contributed by atoms with van der Waals surface area (Å²) in [5, 5.41) is 14.9. The normalized spacial score (nSPS) is 21.3. The van der Waals surface area contributed by atoms with Gasteiger partial charge in [0.15, 0.2) is 0 Å². The molecule has 36 heavy (non-hydrogen) atoms. The summed E-state index contributed by atoms with van der Waals surface area (Å²) in [5.41, 5.74) is 1.73. The van der Waals surface area contributed by atoms with Gasteiger partial charge in [0.25, 0.3) is 5.91 Å². The van der Waals surface area contributed by atoms with Gasteiger partial charge in [-0.25, -0.2) is 9.18 Å². The fourth-order valence-electron chi connectivity index (χ4n) is 5.24. The SMILES string of the molecule is N#Cc1ccc(C2(F)CCN(C(=O)c3ccc(C4CCC4)c(NC(=O)N[C@@H]4CCOC4)c3)CC2)cc1. The average molecular weight is 491 g/mol. The lowest BCUT2D eigenvalue weighted by molar-refractivity contribution is 0.0421. The van der Waals surface area contributed by atoms with Crippen LogP contribution in [-0.2, 0) is 10.4 Å². The zero-order chi connectivity index (χ0) is 25.1. The molecule has 3 amide bonds. The predicted molar refractivity (Wildman–Crippen MR) is 133 cm³/mol. The van der Waals surface area contributed by atoms with Gasteiger partial charge in [-0.2, -0.15) is 5.26 Å². The summed E-state index contributed by atoms with van der Waals surface area (Å²) in [5.74, 6) is 0.221. The number of halogens is 1. The van der Waals surface area contributed by atoms with Crippen molar-refractivity contribution in [1.82, 2.24) is 10.2 Å². The number of piperidine rings is 1. The summed E-state index contributed by atoms with van der Waals surface area (Å²) in [6, 6.07) is 13.9. The van der Waals surface area contributed by atoms with Crippen LogP contribution in [0.2, 0.25) is 0 Å². The number of ether oxygens (including phenoxy) is 1. The van der Waals surface area contributed by atoms with Gasteiger partial charge in [-0.15, -0.1) is 0 Å². The first kappa shape index (κ1) is 24.3. The molecule has 2 heterocycles. The first-order valence-corrected chi connectivity index (χ1v) is 12.7. The minimum atomic E-state index is -1.52. The molecule has 0 unspecified atom stereocenters. The van der Waals surface area contributed by atoms with E-state index < -0.39 is 5.67 Å². The van der Waals surface area contributed by atoms with Gasteiger partial charge in [-0.3, -0.25) is 4.79 Å². The van der Waals surface area contributed by atoms with Crippen molar-refractivity contribution in [2.75, 3.05) is 31.6 Å². The van der Waals surface area contributed by atoms with Crippen LogP contribution in [0.15, 0.2) is 42.5 Å². The Morgan fingerprint density at radius 2 is 1.83 bits per heavy atom. The Morgan fingerprint density at radius 1 is 1.08 bits per heavy atom. The van der Waals surface area contributed by atoms with E-state index in [0.717, 1.165) is 31.2 Å². The van der Waals surface area contributed by atoms with Crippen molar-refractivity contribution in [1.29, 1.82) is 5.26 Å². The van der Waals surface area contributed by atoms with Crippen molar-refractivity contribution in [2.45, 2.75) is 56.2 Å². The topological polar surface area (TPSA) is 94.5 Å². The molecule has 2 aliphatic heterocycles. The summed E-state index contributed by atoms with van der Waals surface area (Å²) >= 11 is 0. The van der Waals surface area contributed by atoms with Crippen LogP contribution >= 0.6 is 0 Å². The summed E-state index contributed by atoms with van der Waals surface area (Å²) < 4.78 is 21.0. The molecular formula is C28H31FN4O3. The van der Waals surface area contributed by atoms with E-state index in [1.54, 1.807) is 35.2 Å². The second-order valence-electron chi connectivity index (χ2n) is 10.0. The van der Waals surface area contributed by atoms with Gasteiger partial charge in [0.05, 0.1) is 24.3 Å². The van der Waals surface area contributed by atoms with Crippen LogP contribution in [0, 0.1) is 11.3 Å². The number of alkyl halides is 1. The van der Waals surface area contributed by atoms with Crippen LogP contribution in [-0.4, -0.2) is 49.2 Å². The molecule has 5 rings (SSSR count). The molecule has 7 nitrogen and oxygen atoms in total. The minimum absolute atomic E-state index is 0.00705. The van der Waals surface area contributed by atoms with E-state index in [0.29, 0.717) is 54.6 Å². The van der Waals surface area contributed by atoms with Gasteiger partial charge in [-0.1, -0.05) is 24.6 Å². The van der Waals surface area contributed by atoms with Crippen LogP contribution in [0.5, 0.6) is 0 Å². The van der Waals surface area contributed by atoms with Gasteiger partial charge >= 0.3 is 6.03 Å². The van der Waals surface area contributed by atoms with Crippen LogP contribution < -0.4 is 10.6 Å². The smallest absolute Gasteiger partial charge is 0.319 e. The van der Waals surface area contributed by atoms with Crippen molar-refractivity contribution >= 4 is 17.6 Å². The van der Waals surface area contributed by atoms with Gasteiger partial charge in [0, 0.05) is 43.8 Å². The van der Waals surface area contributed by atoms with Crippen LogP contribution in [0.1, 0.15) is 71.5 Å². The number of nitriles is 1. The minimum Gasteiger partial charge on any atom is -0.379 e. The van der Waals surface area contributed by atoms with Gasteiger partial charge < -0.3 is 20.3 Å². The van der Waals surface area contributed by atoms with Crippen molar-refractivity contribution in [3.63, 3.8) is 0 Å². The largest absolute Gasteiger partial charge is 0.379 e. The summed E-state index contributed by atoms with van der Waals surface area (Å²) in [4.78, 5) is 27.7. The maximum atomic E-state index is 15.7. The number of hydrogen-bond donors (Lipinski definition) is 2. The Morgan fingerprint density at radius 3 is 2.44 bits per heavy atom. The third kappa shape index (κ3) is 5.07. The average Bonchev–Trinajstić information content (AvgIpc) is 3.37. The van der Waals surface area contributed by atoms with Crippen LogP contribution in [0.3, 0.4) is 0 Å². The van der Waals surface area contributed by atoms with E-state index in [4.69, 9.17) is 10.00 Å². The molecule has 188 valence electrons. The Balaban J connectivity index is 1.27. The van der Waals surface area contributed by atoms with E-state index >= 15 is 4.39 Å². The molecule has 1 saturated carbocycles. The van der Waals surface area contributed by atoms with Crippen LogP contribution in [0.4, 0.5) is 14.9 Å². The second-order valence-corrected chi connectivity index (χ2v) is 10.0. The number of amides is 3. The maximum Gasteiger partial charge on any atom is 0.319 e. The lowest BCUT2D eigenvalue weighted by Crippen LogP contribution is -2.43. The predicted octanol–water partition coefficient (Wildman–Crippen LogP) is 4.84. The highest BCUT2D eigenvalue weighted by molar-refractivity contribution is 5.97. The van der Waals surface area contributed by atoms with E-state index in [-0.39, 0.29) is 30.8 Å². The number of likely N-dealkylation sites (tertiary alicyclic amines) is 1. The summed E-state index contributed by atoms with van der Waals surface area (Å²) in [6.45, 7) is 1.74. The van der Waals surface area contributed by atoms with E-state index in [9.17, 15) is 9.59 Å². The molecule has 2 N–H and O–H groups in total. The van der Waals surface area contributed by atoms with Gasteiger partial charge in [0.1, 0.15) is 5.67 Å². The molecule has 3 aliphatic rings. The molecule has 0 spiro atoms. The molecule has 1 atom stereocenters. The quantitative estimate of drug-likeness (QED) is 0.627. The van der Waals surface area contributed by atoms with E-state index in [2.05, 4.69) is 16.7 Å². The Hall–Kier alpha value is -3.44. The molecule has 2 saturated heterocycles. The molecule has 2 aromatic rings. The second kappa shape index (κ2) is 10.3. The number of carbonyl (C=O) groups is 2. The Bertz CT molecular complexity index is 1160. The molecular weight excluding hydrogens is 459 g/mol. The van der Waals surface area contributed by atoms with E-state index in [1.165, 1.54) is 0 Å². The summed E-state index contributed by atoms with van der Waals surface area (Å²) in [7, 11) is 0. The molecule has 0 bridgehead atoms. The molecule has 2 aromatic carbocycles. The van der Waals surface area contributed by atoms with Gasteiger partial charge in [0.2, 0.25) is 0 Å². The maximum absolute atomic E-state index is 15.7. The first-order valence-electron chi connectivity index (χ1n) is 12.7. The van der Waals surface area contributed by atoms with Gasteiger partial charge in [-0.05, 0) is 60.6 Å². The number of carbonyl (C=O) groups excluding carboxylic acids is 2. The molecule has 0 radical (unpaired) electrons. The lowest BCUT2D eigenvalue weighted by Gasteiger charge is -2.37. The number of nitrogens with one attached hydrogen (secondary N) is 2. The number of rotatable bonds is 5. The third-order valence-electron chi connectivity index (χ3n) is 7.73. The number of nitrogens with zero attached hydrogens (tertiary/aromatic N) is 2. The lowest BCUT2D eigenvalue weighted by atomic mass is 9.79. The van der Waals surface area contributed by atoms with Crippen molar-refractivity contribution in [3.8, 4) is 6.07 Å². The zero-order valence-corrected chi connectivity index (χ0v) is 20.3. The van der Waals surface area contributed by atoms with Crippen molar-refractivity contribution in [3.05, 3.63) is 64.7 Å². The number of hydrogen-bond acceptors (Lipinski definition) is 4. The first-order chi connectivity index (χ1) is 17.4. The van der Waals surface area contributed by atoms with E-state index in [1.807, 2.05) is 12.1 Å². The number of anilines is 1. The summed E-state index contributed by atoms with van der Waals surface area (Å²) in [6.07, 6.45) is 4.48. The van der Waals surface area contributed by atoms with Crippen molar-refractivity contribution < 1.29 is 18.7 Å². The Kier molecular flexibility index (Phi) is 6.92. The van der Waals surface area contributed by atoms with Crippen molar-refractivity contribution in [2.24, 2.45) is 0 Å². The standard InChI is InChI=1S/C28H31FN4O3/c29-28(22-7-4-19(17-30)5-8-22)11-13-33(14-12-28)26(34)21-6-9-24(20-2-1-3-20)25(16-21)32-27(35)31-23-10-15-36-18-23/h4-9,16,20,23H,1-3,10-15,18H2,(H2,31,32,35)/t23-/m1/s1. The molecule has 0 aromatic heterocycles. The number of benzene rings is 2. The highest BCUT2D eigenvalue weighted by Gasteiger charge is 2.38. The zero-order valence-electron chi connectivity index (χ0n) is 20.3. The molecule has 3 fully saturated rings. The fourth-order valence-corrected chi connectivity index (χ4v) is 5.24. The highest BCUT2D eigenvalue weighted by Crippen LogP contribution is 2.41. The third-order valence-corrected chi connectivity index (χ3v) is 7.73. The number of urea groups is 1. The monoisotopic (exact) mass is 490 g/mol. The van der Waals surface area contributed by atoms with Crippen LogP contribution in [0.25, 0.3) is 0 Å². The highest BCUT2D eigenvalue weighted by atomic mass is 19.1. The Labute approximate surface area is 210 Å². The fraction of sp³-hybridized carbons (Fsp3) is 0.464.